The highest BCUT2D eigenvalue weighted by Gasteiger charge is 2.46. The van der Waals surface area contributed by atoms with Gasteiger partial charge in [-0.15, -0.1) is 11.3 Å². The second-order valence-electron chi connectivity index (χ2n) is 10.6. The molecule has 0 saturated carbocycles. The molecule has 0 aliphatic carbocycles. The van der Waals surface area contributed by atoms with Gasteiger partial charge in [-0.25, -0.2) is 9.97 Å². The second-order valence-corrected chi connectivity index (χ2v) is 11.6. The molecule has 5 aromatic rings. The molecule has 0 atom stereocenters. The van der Waals surface area contributed by atoms with Crippen LogP contribution in [0.2, 0.25) is 0 Å². The van der Waals surface area contributed by atoms with Crippen molar-refractivity contribution < 1.29 is 14.5 Å². The molecule has 0 fully saturated rings. The summed E-state index contributed by atoms with van der Waals surface area (Å²) >= 11 is 1.63. The van der Waals surface area contributed by atoms with Gasteiger partial charge in [0.05, 0.1) is 21.3 Å². The highest BCUT2D eigenvalue weighted by molar-refractivity contribution is 7.23. The number of thiophene rings is 1. The third kappa shape index (κ3) is 4.97. The minimum absolute atomic E-state index is 0.00141. The van der Waals surface area contributed by atoms with Crippen LogP contribution >= 0.6 is 11.3 Å². The zero-order chi connectivity index (χ0) is 28.1. The fourth-order valence-electron chi connectivity index (χ4n) is 4.80. The van der Waals surface area contributed by atoms with E-state index in [0.29, 0.717) is 5.56 Å². The van der Waals surface area contributed by atoms with Crippen LogP contribution in [0.3, 0.4) is 0 Å². The number of fused-ring (bicyclic) bond motifs is 1. The Labute approximate surface area is 226 Å². The quantitative estimate of drug-likeness (QED) is 0.226. The van der Waals surface area contributed by atoms with E-state index >= 15 is 0 Å². The van der Waals surface area contributed by atoms with Crippen molar-refractivity contribution in [2.24, 2.45) is 5.41 Å². The lowest BCUT2D eigenvalue weighted by Crippen LogP contribution is -2.34. The lowest BCUT2D eigenvalue weighted by molar-refractivity contribution is -0.211. The summed E-state index contributed by atoms with van der Waals surface area (Å²) in [6, 6.07) is 21.8. The Balaban J connectivity index is 1.46. The van der Waals surface area contributed by atoms with Crippen molar-refractivity contribution >= 4 is 21.6 Å². The van der Waals surface area contributed by atoms with Crippen molar-refractivity contribution in [2.45, 2.75) is 47.2 Å². The van der Waals surface area contributed by atoms with Gasteiger partial charge in [0.25, 0.3) is 0 Å². The highest BCUT2D eigenvalue weighted by atomic mass is 32.1. The zero-order valence-corrected chi connectivity index (χ0v) is 22.8. The summed E-state index contributed by atoms with van der Waals surface area (Å²) in [5, 5.41) is 0. The van der Waals surface area contributed by atoms with Crippen LogP contribution in [0.5, 0.6) is 0 Å². The largest absolute Gasteiger partial charge is 0.394 e. The SMILES string of the molecule is [2H]c1nc(-c2cc(C)cc(C)c2)c2sc(-c3ccc(-c4ccc(CC(C)(C)C(F)(F)F)cc4)cc3)c(C)c2n1. The number of alkyl halides is 3. The Morgan fingerprint density at radius 1 is 0.763 bits per heavy atom. The average Bonchev–Trinajstić information content (AvgIpc) is 3.19. The molecule has 5 rings (SSSR count). The first-order chi connectivity index (χ1) is 18.3. The van der Waals surface area contributed by atoms with Crippen LogP contribution in [-0.4, -0.2) is 16.1 Å². The Bertz CT molecular complexity index is 1650. The smallest absolute Gasteiger partial charge is 0.235 e. The summed E-state index contributed by atoms with van der Waals surface area (Å²) < 4.78 is 49.0. The Kier molecular flexibility index (Phi) is 6.31. The molecule has 2 nitrogen and oxygen atoms in total. The molecule has 194 valence electrons. The predicted molar refractivity (Wildman–Crippen MR) is 151 cm³/mol. The summed E-state index contributed by atoms with van der Waals surface area (Å²) in [5.74, 6) is 0. The van der Waals surface area contributed by atoms with Gasteiger partial charge in [0.1, 0.15) is 7.67 Å². The maximum atomic E-state index is 13.3. The molecule has 2 aromatic heterocycles. The lowest BCUT2D eigenvalue weighted by Gasteiger charge is -2.27. The van der Waals surface area contributed by atoms with Crippen molar-refractivity contribution in [1.82, 2.24) is 9.97 Å². The van der Waals surface area contributed by atoms with E-state index in [1.54, 1.807) is 23.5 Å². The van der Waals surface area contributed by atoms with E-state index in [1.807, 2.05) is 31.2 Å². The summed E-state index contributed by atoms with van der Waals surface area (Å²) in [7, 11) is 0. The average molecular weight is 532 g/mol. The molecule has 38 heavy (non-hydrogen) atoms. The van der Waals surface area contributed by atoms with E-state index in [4.69, 9.17) is 1.37 Å². The van der Waals surface area contributed by atoms with Crippen molar-refractivity contribution in [2.75, 3.05) is 0 Å². The number of hydrogen-bond acceptors (Lipinski definition) is 3. The van der Waals surface area contributed by atoms with Crippen LogP contribution < -0.4 is 0 Å². The lowest BCUT2D eigenvalue weighted by atomic mass is 9.84. The van der Waals surface area contributed by atoms with E-state index in [0.717, 1.165) is 59.7 Å². The number of benzene rings is 3. The normalized spacial score (nSPS) is 12.7. The number of aryl methyl sites for hydroxylation is 3. The van der Waals surface area contributed by atoms with Gasteiger partial charge in [0.2, 0.25) is 0 Å². The summed E-state index contributed by atoms with van der Waals surface area (Å²) in [4.78, 5) is 10.0. The number of nitrogens with zero attached hydrogens (tertiary/aromatic N) is 2. The van der Waals surface area contributed by atoms with Crippen LogP contribution in [0.25, 0.3) is 43.0 Å². The van der Waals surface area contributed by atoms with Crippen LogP contribution in [-0.2, 0) is 6.42 Å². The second kappa shape index (κ2) is 9.66. The molecule has 0 aliphatic heterocycles. The Morgan fingerprint density at radius 3 is 1.89 bits per heavy atom. The maximum absolute atomic E-state index is 13.3. The van der Waals surface area contributed by atoms with Gasteiger partial charge < -0.3 is 0 Å². The van der Waals surface area contributed by atoms with Gasteiger partial charge in [0.15, 0.2) is 0 Å². The van der Waals surface area contributed by atoms with E-state index in [2.05, 4.69) is 54.1 Å². The third-order valence-corrected chi connectivity index (χ3v) is 8.33. The van der Waals surface area contributed by atoms with Crippen molar-refractivity contribution in [3.8, 4) is 32.8 Å². The molecule has 0 aliphatic rings. The van der Waals surface area contributed by atoms with Gasteiger partial charge in [-0.05, 0) is 67.1 Å². The molecule has 0 bridgehead atoms. The van der Waals surface area contributed by atoms with E-state index in [1.165, 1.54) is 13.8 Å². The molecule has 0 radical (unpaired) electrons. The standard InChI is InChI=1S/C32H29F3N2S/c1-19-14-20(2)16-26(15-19)28-30-27(36-18-37-28)21(3)29(38-30)25-12-10-24(11-13-25)23-8-6-22(7-9-23)17-31(4,5)32(33,34)35/h6-16,18H,17H2,1-5H3/i18D. The molecule has 2 heterocycles. The van der Waals surface area contributed by atoms with Crippen molar-refractivity contribution in [1.29, 1.82) is 0 Å². The van der Waals surface area contributed by atoms with Gasteiger partial charge in [-0.2, -0.15) is 13.2 Å². The molecule has 3 aromatic carbocycles. The van der Waals surface area contributed by atoms with Gasteiger partial charge >= 0.3 is 6.18 Å². The zero-order valence-electron chi connectivity index (χ0n) is 23.0. The summed E-state index contributed by atoms with van der Waals surface area (Å²) in [6.07, 6.45) is -4.31. The number of aromatic nitrogens is 2. The third-order valence-electron chi connectivity index (χ3n) is 7.00. The minimum Gasteiger partial charge on any atom is -0.235 e. The van der Waals surface area contributed by atoms with Gasteiger partial charge in [-0.1, -0.05) is 79.6 Å². The molecular weight excluding hydrogens is 501 g/mol. The van der Waals surface area contributed by atoms with E-state index in [-0.39, 0.29) is 12.7 Å². The number of halogens is 3. The highest BCUT2D eigenvalue weighted by Crippen LogP contribution is 2.42. The minimum atomic E-state index is -4.25. The predicted octanol–water partition coefficient (Wildman–Crippen LogP) is 9.75. The Morgan fingerprint density at radius 2 is 1.32 bits per heavy atom. The van der Waals surface area contributed by atoms with Gasteiger partial charge in [-0.3, -0.25) is 0 Å². The van der Waals surface area contributed by atoms with Crippen molar-refractivity contribution in [3.05, 3.63) is 95.3 Å². The molecule has 0 N–H and O–H groups in total. The van der Waals surface area contributed by atoms with Crippen LogP contribution in [0.1, 0.15) is 37.5 Å². The summed E-state index contributed by atoms with van der Waals surface area (Å²) in [6.45, 7) is 8.61. The molecule has 0 unspecified atom stereocenters. The Hall–Kier alpha value is -3.51. The molecule has 0 saturated heterocycles. The van der Waals surface area contributed by atoms with E-state index < -0.39 is 11.6 Å². The summed E-state index contributed by atoms with van der Waals surface area (Å²) in [5.41, 5.74) is 7.73. The van der Waals surface area contributed by atoms with E-state index in [9.17, 15) is 13.2 Å². The number of hydrogen-bond donors (Lipinski definition) is 0. The number of rotatable bonds is 5. The van der Waals surface area contributed by atoms with Crippen LogP contribution in [0.4, 0.5) is 13.2 Å². The fourth-order valence-corrected chi connectivity index (χ4v) is 6.06. The van der Waals surface area contributed by atoms with Gasteiger partial charge in [0, 0.05) is 10.4 Å². The molecule has 0 spiro atoms. The van der Waals surface area contributed by atoms with Crippen LogP contribution in [0, 0.1) is 26.2 Å². The van der Waals surface area contributed by atoms with Crippen molar-refractivity contribution in [3.63, 3.8) is 0 Å². The monoisotopic (exact) mass is 531 g/mol. The first-order valence-corrected chi connectivity index (χ1v) is 13.3. The topological polar surface area (TPSA) is 25.8 Å². The first-order valence-electron chi connectivity index (χ1n) is 13.0. The maximum Gasteiger partial charge on any atom is 0.394 e. The molecule has 0 amide bonds. The van der Waals surface area contributed by atoms with Crippen LogP contribution in [0.15, 0.2) is 73.0 Å². The molecular formula is C32H29F3N2S. The first kappa shape index (κ1) is 24.8. The fraction of sp³-hybridized carbons (Fsp3) is 0.250. The molecule has 6 heteroatoms.